The van der Waals surface area contributed by atoms with E-state index in [0.29, 0.717) is 21.5 Å². The predicted octanol–water partition coefficient (Wildman–Crippen LogP) is 6.64. The van der Waals surface area contributed by atoms with Gasteiger partial charge in [0.1, 0.15) is 5.82 Å². The highest BCUT2D eigenvalue weighted by Crippen LogP contribution is 2.33. The molecule has 0 aliphatic carbocycles. The molecule has 0 N–H and O–H groups in total. The molecule has 1 heterocycles. The van der Waals surface area contributed by atoms with Crippen LogP contribution in [0.15, 0.2) is 71.9 Å². The standard InChI is InChI=1S/C23H19ClFN3S/c1-15-8-3-5-10-17(15)22-26-27-23(28(22)21-13-6-4-9-16(21)2)29-14-18-19(24)11-7-12-20(18)25/h3-13H,14H2,1-2H3. The van der Waals surface area contributed by atoms with Crippen molar-refractivity contribution in [2.45, 2.75) is 24.8 Å². The summed E-state index contributed by atoms with van der Waals surface area (Å²) in [5.41, 5.74) is 4.70. The lowest BCUT2D eigenvalue weighted by Gasteiger charge is -2.14. The number of halogens is 2. The molecule has 29 heavy (non-hydrogen) atoms. The van der Waals surface area contributed by atoms with Gasteiger partial charge in [0.2, 0.25) is 0 Å². The van der Waals surface area contributed by atoms with Crippen molar-refractivity contribution in [1.82, 2.24) is 14.8 Å². The molecule has 1 aromatic heterocycles. The minimum Gasteiger partial charge on any atom is -0.270 e. The van der Waals surface area contributed by atoms with E-state index in [4.69, 9.17) is 11.6 Å². The van der Waals surface area contributed by atoms with Gasteiger partial charge in [-0.15, -0.1) is 10.2 Å². The van der Waals surface area contributed by atoms with E-state index >= 15 is 0 Å². The number of hydrogen-bond donors (Lipinski definition) is 0. The molecule has 6 heteroatoms. The second-order valence-corrected chi connectivity index (χ2v) is 8.08. The number of hydrogen-bond acceptors (Lipinski definition) is 3. The molecular weight excluding hydrogens is 405 g/mol. The summed E-state index contributed by atoms with van der Waals surface area (Å²) >= 11 is 7.62. The van der Waals surface area contributed by atoms with E-state index in [1.54, 1.807) is 12.1 Å². The van der Waals surface area contributed by atoms with Gasteiger partial charge in [-0.3, -0.25) is 4.57 Å². The zero-order valence-corrected chi connectivity index (χ0v) is 17.6. The van der Waals surface area contributed by atoms with Gasteiger partial charge in [-0.05, 0) is 43.2 Å². The topological polar surface area (TPSA) is 30.7 Å². The van der Waals surface area contributed by atoms with Crippen LogP contribution in [0.4, 0.5) is 4.39 Å². The van der Waals surface area contributed by atoms with Crippen molar-refractivity contribution in [2.24, 2.45) is 0 Å². The average Bonchev–Trinajstić information content (AvgIpc) is 3.12. The van der Waals surface area contributed by atoms with E-state index in [9.17, 15) is 4.39 Å². The molecule has 0 bridgehead atoms. The molecular formula is C23H19ClFN3S. The van der Waals surface area contributed by atoms with Crippen LogP contribution in [0.5, 0.6) is 0 Å². The third-order valence-electron chi connectivity index (χ3n) is 4.78. The van der Waals surface area contributed by atoms with E-state index in [1.165, 1.54) is 17.8 Å². The first kappa shape index (κ1) is 19.7. The SMILES string of the molecule is Cc1ccccc1-c1nnc(SCc2c(F)cccc2Cl)n1-c1ccccc1C. The van der Waals surface area contributed by atoms with Gasteiger partial charge in [0, 0.05) is 21.9 Å². The maximum atomic E-state index is 14.2. The quantitative estimate of drug-likeness (QED) is 0.337. The summed E-state index contributed by atoms with van der Waals surface area (Å²) in [5.74, 6) is 0.814. The average molecular weight is 424 g/mol. The number of benzene rings is 3. The molecule has 0 aliphatic rings. The zero-order chi connectivity index (χ0) is 20.4. The fourth-order valence-electron chi connectivity index (χ4n) is 3.20. The first-order valence-corrected chi connectivity index (χ1v) is 10.6. The zero-order valence-electron chi connectivity index (χ0n) is 16.1. The molecule has 0 saturated carbocycles. The molecule has 0 saturated heterocycles. The van der Waals surface area contributed by atoms with Crippen molar-refractivity contribution < 1.29 is 4.39 Å². The van der Waals surface area contributed by atoms with Gasteiger partial charge >= 0.3 is 0 Å². The number of aromatic nitrogens is 3. The third kappa shape index (κ3) is 3.93. The third-order valence-corrected chi connectivity index (χ3v) is 6.09. The number of aryl methyl sites for hydroxylation is 2. The summed E-state index contributed by atoms with van der Waals surface area (Å²) in [6.45, 7) is 4.11. The lowest BCUT2D eigenvalue weighted by atomic mass is 10.1. The predicted molar refractivity (Wildman–Crippen MR) is 117 cm³/mol. The van der Waals surface area contributed by atoms with Crippen LogP contribution in [0.2, 0.25) is 5.02 Å². The Balaban J connectivity index is 1.81. The Labute approximate surface area is 178 Å². The summed E-state index contributed by atoms with van der Waals surface area (Å²) in [4.78, 5) is 0. The highest BCUT2D eigenvalue weighted by atomic mass is 35.5. The maximum absolute atomic E-state index is 14.2. The molecule has 0 atom stereocenters. The van der Waals surface area contributed by atoms with E-state index in [0.717, 1.165) is 28.2 Å². The van der Waals surface area contributed by atoms with Crippen molar-refractivity contribution in [1.29, 1.82) is 0 Å². The Bertz CT molecular complexity index is 1150. The fraction of sp³-hybridized carbons (Fsp3) is 0.130. The molecule has 0 unspecified atom stereocenters. The van der Waals surface area contributed by atoms with Crippen molar-refractivity contribution in [3.05, 3.63) is 94.3 Å². The summed E-state index contributed by atoms with van der Waals surface area (Å²) in [6, 6.07) is 20.9. The van der Waals surface area contributed by atoms with Crippen molar-refractivity contribution in [3.63, 3.8) is 0 Å². The van der Waals surface area contributed by atoms with Crippen molar-refractivity contribution >= 4 is 23.4 Å². The maximum Gasteiger partial charge on any atom is 0.196 e. The van der Waals surface area contributed by atoms with Gasteiger partial charge < -0.3 is 0 Å². The van der Waals surface area contributed by atoms with Gasteiger partial charge in [0.25, 0.3) is 0 Å². The molecule has 0 fully saturated rings. The van der Waals surface area contributed by atoms with Crippen LogP contribution in [0.1, 0.15) is 16.7 Å². The molecule has 4 aromatic rings. The van der Waals surface area contributed by atoms with E-state index in [-0.39, 0.29) is 5.82 Å². The highest BCUT2D eigenvalue weighted by Gasteiger charge is 2.19. The molecule has 4 rings (SSSR count). The van der Waals surface area contributed by atoms with Gasteiger partial charge in [-0.1, -0.05) is 71.9 Å². The van der Waals surface area contributed by atoms with Crippen LogP contribution in [-0.4, -0.2) is 14.8 Å². The van der Waals surface area contributed by atoms with Crippen molar-refractivity contribution in [2.75, 3.05) is 0 Å². The number of rotatable bonds is 5. The molecule has 3 aromatic carbocycles. The Hall–Kier alpha value is -2.63. The number of nitrogens with zero attached hydrogens (tertiary/aromatic N) is 3. The van der Waals surface area contributed by atoms with Gasteiger partial charge in [-0.2, -0.15) is 0 Å². The first-order chi connectivity index (χ1) is 14.1. The van der Waals surface area contributed by atoms with E-state index < -0.39 is 0 Å². The Kier molecular flexibility index (Phi) is 5.69. The monoisotopic (exact) mass is 423 g/mol. The minimum absolute atomic E-state index is 0.314. The largest absolute Gasteiger partial charge is 0.270 e. The smallest absolute Gasteiger partial charge is 0.196 e. The van der Waals surface area contributed by atoms with Gasteiger partial charge in [-0.25, -0.2) is 4.39 Å². The van der Waals surface area contributed by atoms with Crippen LogP contribution in [-0.2, 0) is 5.75 Å². The molecule has 0 radical (unpaired) electrons. The van der Waals surface area contributed by atoms with Gasteiger partial charge in [0.15, 0.2) is 11.0 Å². The molecule has 146 valence electrons. The fourth-order valence-corrected chi connectivity index (χ4v) is 4.49. The Morgan fingerprint density at radius 3 is 2.34 bits per heavy atom. The number of thioether (sulfide) groups is 1. The van der Waals surface area contributed by atoms with Crippen LogP contribution in [0.25, 0.3) is 17.1 Å². The van der Waals surface area contributed by atoms with Crippen LogP contribution < -0.4 is 0 Å². The molecule has 0 amide bonds. The Morgan fingerprint density at radius 2 is 1.62 bits per heavy atom. The van der Waals surface area contributed by atoms with E-state index in [1.807, 2.05) is 41.0 Å². The Morgan fingerprint density at radius 1 is 0.897 bits per heavy atom. The summed E-state index contributed by atoms with van der Waals surface area (Å²) in [5, 5.41) is 10.0. The van der Waals surface area contributed by atoms with E-state index in [2.05, 4.69) is 36.2 Å². The molecule has 3 nitrogen and oxygen atoms in total. The lowest BCUT2D eigenvalue weighted by molar-refractivity contribution is 0.617. The second-order valence-electron chi connectivity index (χ2n) is 6.73. The molecule has 0 spiro atoms. The normalized spacial score (nSPS) is 11.0. The highest BCUT2D eigenvalue weighted by molar-refractivity contribution is 7.98. The molecule has 0 aliphatic heterocycles. The summed E-state index contributed by atoms with van der Waals surface area (Å²) < 4.78 is 16.3. The number of para-hydroxylation sites is 1. The van der Waals surface area contributed by atoms with Gasteiger partial charge in [0.05, 0.1) is 5.69 Å². The summed E-state index contributed by atoms with van der Waals surface area (Å²) in [7, 11) is 0. The second kappa shape index (κ2) is 8.39. The van der Waals surface area contributed by atoms with Crippen LogP contribution in [0, 0.1) is 19.7 Å². The van der Waals surface area contributed by atoms with Crippen LogP contribution >= 0.6 is 23.4 Å². The van der Waals surface area contributed by atoms with Crippen molar-refractivity contribution in [3.8, 4) is 17.1 Å². The van der Waals surface area contributed by atoms with Crippen LogP contribution in [0.3, 0.4) is 0 Å². The minimum atomic E-state index is -0.314. The first-order valence-electron chi connectivity index (χ1n) is 9.19. The summed E-state index contributed by atoms with van der Waals surface area (Å²) in [6.07, 6.45) is 0. The lowest BCUT2D eigenvalue weighted by Crippen LogP contribution is -2.03.